The summed E-state index contributed by atoms with van der Waals surface area (Å²) in [6.45, 7) is 2.10. The maximum absolute atomic E-state index is 13.7. The summed E-state index contributed by atoms with van der Waals surface area (Å²) >= 11 is 1.04. The van der Waals surface area contributed by atoms with Gasteiger partial charge in [0.2, 0.25) is 5.91 Å². The van der Waals surface area contributed by atoms with Crippen LogP contribution in [-0.2, 0) is 9.53 Å². The summed E-state index contributed by atoms with van der Waals surface area (Å²) in [4.78, 5) is 29.7. The number of carbonyl (C=O) groups is 1. The van der Waals surface area contributed by atoms with Crippen molar-refractivity contribution in [3.63, 3.8) is 0 Å². The monoisotopic (exact) mass is 419 g/mol. The number of carbonyl (C=O) groups excluding carboxylic acids is 1. The van der Waals surface area contributed by atoms with Gasteiger partial charge in [-0.3, -0.25) is 14.2 Å². The molecule has 0 unspecified atom stereocenters. The number of fused-ring (bicyclic) bond motifs is 1. The van der Waals surface area contributed by atoms with Crippen LogP contribution in [0.15, 0.2) is 52.4 Å². The van der Waals surface area contributed by atoms with Gasteiger partial charge in [-0.1, -0.05) is 23.9 Å². The van der Waals surface area contributed by atoms with Crippen molar-refractivity contribution in [2.75, 3.05) is 24.8 Å². The molecule has 0 fully saturated rings. The van der Waals surface area contributed by atoms with Crippen molar-refractivity contribution in [1.82, 2.24) is 9.55 Å². The normalized spacial score (nSPS) is 12.1. The highest BCUT2D eigenvalue weighted by Gasteiger charge is 2.18. The molecule has 152 valence electrons. The Labute approximate surface area is 169 Å². The van der Waals surface area contributed by atoms with Crippen molar-refractivity contribution in [3.8, 4) is 0 Å². The number of halogens is 2. The number of nitrogens with zero attached hydrogens (tertiary/aromatic N) is 2. The first-order valence-electron chi connectivity index (χ1n) is 8.78. The minimum Gasteiger partial charge on any atom is -0.383 e. The van der Waals surface area contributed by atoms with Crippen LogP contribution in [0.3, 0.4) is 0 Å². The first kappa shape index (κ1) is 20.9. The van der Waals surface area contributed by atoms with Crippen LogP contribution in [0.1, 0.15) is 13.0 Å². The zero-order chi connectivity index (χ0) is 21.0. The minimum atomic E-state index is -0.737. The summed E-state index contributed by atoms with van der Waals surface area (Å²) in [5.74, 6) is -2.08. The number of benzene rings is 2. The number of amides is 1. The van der Waals surface area contributed by atoms with Crippen LogP contribution < -0.4 is 10.9 Å². The fourth-order valence-electron chi connectivity index (χ4n) is 2.84. The highest BCUT2D eigenvalue weighted by atomic mass is 32.2. The lowest BCUT2D eigenvalue weighted by Crippen LogP contribution is -2.29. The number of nitrogens with one attached hydrogen (secondary N) is 1. The fourth-order valence-corrected chi connectivity index (χ4v) is 3.74. The molecule has 9 heteroatoms. The number of para-hydroxylation sites is 1. The lowest BCUT2D eigenvalue weighted by Gasteiger charge is -2.18. The Bertz CT molecular complexity index is 1100. The lowest BCUT2D eigenvalue weighted by atomic mass is 10.2. The molecule has 0 saturated carbocycles. The molecule has 0 aliphatic carbocycles. The topological polar surface area (TPSA) is 73.2 Å². The van der Waals surface area contributed by atoms with Crippen LogP contribution in [0.2, 0.25) is 0 Å². The summed E-state index contributed by atoms with van der Waals surface area (Å²) in [6.07, 6.45) is 0. The van der Waals surface area contributed by atoms with E-state index in [4.69, 9.17) is 4.74 Å². The highest BCUT2D eigenvalue weighted by molar-refractivity contribution is 7.99. The first-order chi connectivity index (χ1) is 13.9. The quantitative estimate of drug-likeness (QED) is 0.468. The van der Waals surface area contributed by atoms with Crippen LogP contribution in [0.5, 0.6) is 0 Å². The molecule has 1 atom stereocenters. The Morgan fingerprint density at radius 2 is 2.03 bits per heavy atom. The van der Waals surface area contributed by atoms with Crippen LogP contribution in [0.4, 0.5) is 14.5 Å². The Kier molecular flexibility index (Phi) is 6.60. The summed E-state index contributed by atoms with van der Waals surface area (Å²) in [5.41, 5.74) is 0.0314. The number of thioether (sulfide) groups is 1. The molecule has 1 aromatic heterocycles. The summed E-state index contributed by atoms with van der Waals surface area (Å²) in [7, 11) is 1.53. The molecule has 0 radical (unpaired) electrons. The average Bonchev–Trinajstić information content (AvgIpc) is 2.69. The van der Waals surface area contributed by atoms with E-state index in [1.807, 2.05) is 6.92 Å². The van der Waals surface area contributed by atoms with Gasteiger partial charge < -0.3 is 10.1 Å². The Hall–Kier alpha value is -2.78. The van der Waals surface area contributed by atoms with Crippen molar-refractivity contribution in [1.29, 1.82) is 0 Å². The molecule has 1 heterocycles. The molecule has 1 amide bonds. The molecule has 3 rings (SSSR count). The number of aromatic nitrogens is 2. The van der Waals surface area contributed by atoms with E-state index in [9.17, 15) is 18.4 Å². The number of rotatable bonds is 7. The molecule has 6 nitrogen and oxygen atoms in total. The van der Waals surface area contributed by atoms with Crippen molar-refractivity contribution in [2.24, 2.45) is 0 Å². The zero-order valence-corrected chi connectivity index (χ0v) is 16.6. The van der Waals surface area contributed by atoms with E-state index in [0.717, 1.165) is 30.0 Å². The van der Waals surface area contributed by atoms with Gasteiger partial charge in [0.15, 0.2) is 5.16 Å². The van der Waals surface area contributed by atoms with Crippen LogP contribution in [0.25, 0.3) is 10.9 Å². The number of anilines is 1. The summed E-state index contributed by atoms with van der Waals surface area (Å²) < 4.78 is 33.6. The molecule has 0 saturated heterocycles. The maximum Gasteiger partial charge on any atom is 0.262 e. The molecule has 1 N–H and O–H groups in total. The molecule has 3 aromatic rings. The predicted molar refractivity (Wildman–Crippen MR) is 108 cm³/mol. The number of hydrogen-bond acceptors (Lipinski definition) is 5. The van der Waals surface area contributed by atoms with Gasteiger partial charge in [0.05, 0.1) is 35.0 Å². The molecular formula is C20H19F2N3O3S. The standard InChI is InChI=1S/C20H19F2N3O3S/c1-12(10-28-2)25-19(27)14-5-3-4-6-16(14)24-20(25)29-11-18(26)23-17-9-13(21)7-8-15(17)22/h3-9,12H,10-11H2,1-2H3,(H,23,26)/t12-/m0/s1. The van der Waals surface area contributed by atoms with E-state index in [1.54, 1.807) is 24.3 Å². The van der Waals surface area contributed by atoms with Crippen LogP contribution in [-0.4, -0.2) is 34.9 Å². The maximum atomic E-state index is 13.7. The largest absolute Gasteiger partial charge is 0.383 e. The SMILES string of the molecule is COC[C@H](C)n1c(SCC(=O)Nc2cc(F)ccc2F)nc2ccccc2c1=O. The second kappa shape index (κ2) is 9.15. The third-order valence-electron chi connectivity index (χ3n) is 4.16. The van der Waals surface area contributed by atoms with Crippen molar-refractivity contribution in [2.45, 2.75) is 18.1 Å². The third kappa shape index (κ3) is 4.80. The molecule has 0 spiro atoms. The van der Waals surface area contributed by atoms with Gasteiger partial charge in [-0.05, 0) is 31.2 Å². The Balaban J connectivity index is 1.86. The zero-order valence-electron chi connectivity index (χ0n) is 15.8. The van der Waals surface area contributed by atoms with Gasteiger partial charge in [0.25, 0.3) is 5.56 Å². The molecule has 2 aromatic carbocycles. The third-order valence-corrected chi connectivity index (χ3v) is 5.11. The van der Waals surface area contributed by atoms with Gasteiger partial charge in [0.1, 0.15) is 11.6 Å². The second-order valence-electron chi connectivity index (χ2n) is 6.35. The molecule has 0 bridgehead atoms. The molecular weight excluding hydrogens is 400 g/mol. The van der Waals surface area contributed by atoms with E-state index >= 15 is 0 Å². The molecule has 29 heavy (non-hydrogen) atoms. The van der Waals surface area contributed by atoms with E-state index in [1.165, 1.54) is 11.7 Å². The minimum absolute atomic E-state index is 0.138. The van der Waals surface area contributed by atoms with Crippen molar-refractivity contribution < 1.29 is 18.3 Å². The lowest BCUT2D eigenvalue weighted by molar-refractivity contribution is -0.113. The van der Waals surface area contributed by atoms with Gasteiger partial charge in [-0.15, -0.1) is 0 Å². The van der Waals surface area contributed by atoms with E-state index in [2.05, 4.69) is 10.3 Å². The number of hydrogen-bond donors (Lipinski definition) is 1. The van der Waals surface area contributed by atoms with E-state index in [-0.39, 0.29) is 29.6 Å². The van der Waals surface area contributed by atoms with Crippen molar-refractivity contribution in [3.05, 3.63) is 64.5 Å². The molecule has 0 aliphatic heterocycles. The van der Waals surface area contributed by atoms with E-state index in [0.29, 0.717) is 16.1 Å². The first-order valence-corrected chi connectivity index (χ1v) is 9.77. The number of methoxy groups -OCH3 is 1. The molecule has 0 aliphatic rings. The van der Waals surface area contributed by atoms with Gasteiger partial charge in [-0.25, -0.2) is 13.8 Å². The smallest absolute Gasteiger partial charge is 0.262 e. The number of ether oxygens (including phenoxy) is 1. The fraction of sp³-hybridized carbons (Fsp3) is 0.250. The second-order valence-corrected chi connectivity index (χ2v) is 7.29. The summed E-state index contributed by atoms with van der Waals surface area (Å²) in [6, 6.07) is 9.43. The van der Waals surface area contributed by atoms with Gasteiger partial charge in [-0.2, -0.15) is 0 Å². The van der Waals surface area contributed by atoms with Crippen molar-refractivity contribution >= 4 is 34.3 Å². The Morgan fingerprint density at radius 3 is 2.79 bits per heavy atom. The average molecular weight is 419 g/mol. The summed E-state index contributed by atoms with van der Waals surface area (Å²) in [5, 5.41) is 3.14. The van der Waals surface area contributed by atoms with Gasteiger partial charge in [0, 0.05) is 13.2 Å². The van der Waals surface area contributed by atoms with Crippen LogP contribution >= 0.6 is 11.8 Å². The van der Waals surface area contributed by atoms with Gasteiger partial charge >= 0.3 is 0 Å². The van der Waals surface area contributed by atoms with E-state index < -0.39 is 17.5 Å². The van der Waals surface area contributed by atoms with Crippen LogP contribution in [0, 0.1) is 11.6 Å². The predicted octanol–water partition coefficient (Wildman–Crippen LogP) is 3.61. The Morgan fingerprint density at radius 1 is 1.28 bits per heavy atom. The highest BCUT2D eigenvalue weighted by Crippen LogP contribution is 2.22.